The number of ether oxygens (including phenoxy) is 4. The summed E-state index contributed by atoms with van der Waals surface area (Å²) in [7, 11) is 0. The Bertz CT molecular complexity index is 8170. The number of hydrogen-bond donors (Lipinski definition) is 9. The Labute approximate surface area is 775 Å². The van der Waals surface area contributed by atoms with Crippen molar-refractivity contribution in [1.82, 2.24) is 39.9 Å². The number of hydrogen-bond acceptors (Lipinski definition) is 21. The van der Waals surface area contributed by atoms with Crippen LogP contribution < -0.4 is 18.9 Å². The Hall–Kier alpha value is -17.5. The summed E-state index contributed by atoms with van der Waals surface area (Å²) in [6.45, 7) is 10.1. The van der Waals surface area contributed by atoms with Gasteiger partial charge in [0, 0.05) is 64.7 Å². The molecule has 0 aliphatic carbocycles. The van der Waals surface area contributed by atoms with Gasteiger partial charge in [-0.15, -0.1) is 0 Å². The Morgan fingerprint density at radius 2 is 0.526 bits per heavy atom. The van der Waals surface area contributed by atoms with Crippen LogP contribution >= 0.6 is 0 Å². The average molecular weight is 1780 g/mol. The van der Waals surface area contributed by atoms with Gasteiger partial charge in [-0.1, -0.05) is 252 Å². The fourth-order valence-corrected chi connectivity index (χ4v) is 17.5. The molecule has 135 heavy (non-hydrogen) atoms. The number of aromatic hydroxyl groups is 9. The first-order valence-electron chi connectivity index (χ1n) is 44.7. The third kappa shape index (κ3) is 17.5. The van der Waals surface area contributed by atoms with Crippen molar-refractivity contribution in [2.24, 2.45) is 0 Å². The lowest BCUT2D eigenvalue weighted by atomic mass is 9.91. The molecule has 0 unspecified atom stereocenters. The molecule has 0 amide bonds. The lowest BCUT2D eigenvalue weighted by Gasteiger charge is -2.15. The summed E-state index contributed by atoms with van der Waals surface area (Å²) < 4.78 is 23.5. The second-order valence-corrected chi connectivity index (χ2v) is 32.7. The van der Waals surface area contributed by atoms with Crippen LogP contribution in [0, 0.1) is 0 Å². The van der Waals surface area contributed by atoms with Crippen molar-refractivity contribution in [2.75, 3.05) is 26.4 Å². The van der Waals surface area contributed by atoms with E-state index in [0.29, 0.717) is 84.1 Å². The summed E-state index contributed by atoms with van der Waals surface area (Å²) >= 11 is 0. The number of benzene rings is 18. The Morgan fingerprint density at radius 1 is 0.193 bits per heavy atom. The van der Waals surface area contributed by atoms with Crippen LogP contribution in [-0.2, 0) is 0 Å². The maximum absolute atomic E-state index is 10.5. The van der Waals surface area contributed by atoms with Crippen LogP contribution in [0.3, 0.4) is 0 Å². The first-order chi connectivity index (χ1) is 66.0. The highest BCUT2D eigenvalue weighted by Gasteiger charge is 2.26. The molecule has 4 heterocycles. The van der Waals surface area contributed by atoms with Crippen molar-refractivity contribution in [1.29, 1.82) is 0 Å². The molecule has 0 fully saturated rings. The molecule has 0 aliphatic rings. The fourth-order valence-electron chi connectivity index (χ4n) is 17.5. The zero-order chi connectivity index (χ0) is 92.9. The first kappa shape index (κ1) is 86.9. The summed E-state index contributed by atoms with van der Waals surface area (Å²) in [5.41, 5.74) is 7.17. The average Bonchev–Trinajstić information content (AvgIpc) is 0.738. The molecule has 0 bridgehead atoms. The van der Waals surface area contributed by atoms with Crippen LogP contribution in [0.4, 0.5) is 0 Å². The van der Waals surface area contributed by atoms with Crippen molar-refractivity contribution in [3.8, 4) is 166 Å². The minimum absolute atomic E-state index is 0.0216. The van der Waals surface area contributed by atoms with Crippen molar-refractivity contribution in [3.05, 3.63) is 322 Å². The van der Waals surface area contributed by atoms with Crippen LogP contribution in [0.15, 0.2) is 322 Å². The lowest BCUT2D eigenvalue weighted by Crippen LogP contribution is -2.02. The number of rotatable bonds is 20. The van der Waals surface area contributed by atoms with E-state index in [2.05, 4.69) is 178 Å². The van der Waals surface area contributed by atoms with Gasteiger partial charge in [0.05, 0.1) is 54.8 Å². The zero-order valence-electron chi connectivity index (χ0n) is 74.0. The zero-order valence-corrected chi connectivity index (χ0v) is 74.0. The van der Waals surface area contributed by atoms with E-state index in [4.69, 9.17) is 38.9 Å². The van der Waals surface area contributed by atoms with Crippen LogP contribution in [0.1, 0.15) is 53.4 Å². The molecule has 21 heteroatoms. The largest absolute Gasteiger partial charge is 0.508 e. The van der Waals surface area contributed by atoms with Gasteiger partial charge >= 0.3 is 0 Å². The molecule has 0 radical (unpaired) electrons. The SMILES string of the molecule is CCCOc1cc(-c2c3ccccc3cc3ccccc23)nc(-c2c(O)cccc2O)n1.CCCOc1cc(-c2cc3c4ccccc4ccc3c3ccccc23)nc(-c2c(O)cccc2O)n1.CCCOc1cc(-c2cc3ccccc3c3ccccc23)nc(-c2c(O)cc(O)cc2O)n1.CCCOc1cc(-c2ccc3ccc4cccc5ccc2c3c45)nc(-c2ccc(O)cc2O)n1. The van der Waals surface area contributed by atoms with Crippen LogP contribution in [0.5, 0.6) is 75.3 Å². The van der Waals surface area contributed by atoms with Gasteiger partial charge < -0.3 is 64.9 Å². The molecule has 0 saturated carbocycles. The minimum Gasteiger partial charge on any atom is -0.508 e. The van der Waals surface area contributed by atoms with E-state index in [9.17, 15) is 46.0 Å². The molecular weight excluding hydrogens is 1690 g/mol. The smallest absolute Gasteiger partial charge is 0.217 e. The first-order valence-corrected chi connectivity index (χ1v) is 44.7. The summed E-state index contributed by atoms with van der Waals surface area (Å²) in [5.74, 6) is 1.03. The van der Waals surface area contributed by atoms with Crippen molar-refractivity contribution >= 4 is 108 Å². The second kappa shape index (κ2) is 37.9. The van der Waals surface area contributed by atoms with E-state index in [1.165, 1.54) is 74.1 Å². The molecule has 4 aromatic heterocycles. The summed E-state index contributed by atoms with van der Waals surface area (Å²) in [6.07, 6.45) is 3.29. The topological polar surface area (TPSA) is 322 Å². The quantitative estimate of drug-likeness (QED) is 0.0253. The van der Waals surface area contributed by atoms with E-state index in [0.717, 1.165) is 130 Å². The van der Waals surface area contributed by atoms with Crippen LogP contribution in [0.2, 0.25) is 0 Å². The molecule has 664 valence electrons. The fraction of sp³-hybridized carbons (Fsp3) is 0.105. The van der Waals surface area contributed by atoms with Gasteiger partial charge in [-0.25, -0.2) is 19.9 Å². The van der Waals surface area contributed by atoms with Gasteiger partial charge in [0.15, 0.2) is 23.3 Å². The van der Waals surface area contributed by atoms with Crippen molar-refractivity contribution < 1.29 is 64.9 Å². The highest BCUT2D eigenvalue weighted by atomic mass is 16.5. The van der Waals surface area contributed by atoms with Gasteiger partial charge in [-0.3, -0.25) is 0 Å². The van der Waals surface area contributed by atoms with Gasteiger partial charge in [-0.05, 0) is 188 Å². The van der Waals surface area contributed by atoms with Gasteiger partial charge in [0.2, 0.25) is 23.5 Å². The van der Waals surface area contributed by atoms with E-state index >= 15 is 0 Å². The molecule has 22 aromatic rings. The number of phenolic OH excluding ortho intramolecular Hbond substituents is 9. The second-order valence-electron chi connectivity index (χ2n) is 32.7. The van der Waals surface area contributed by atoms with Crippen LogP contribution in [-0.4, -0.2) is 112 Å². The summed E-state index contributed by atoms with van der Waals surface area (Å²) in [4.78, 5) is 37.1. The summed E-state index contributed by atoms with van der Waals surface area (Å²) in [6, 6.07) is 102. The maximum atomic E-state index is 10.5. The molecule has 0 aliphatic heterocycles. The minimum atomic E-state index is -0.325. The van der Waals surface area contributed by atoms with Gasteiger partial charge in [-0.2, -0.15) is 19.9 Å². The van der Waals surface area contributed by atoms with E-state index < -0.39 is 0 Å². The molecule has 21 nitrogen and oxygen atoms in total. The predicted molar refractivity (Wildman–Crippen MR) is 536 cm³/mol. The van der Waals surface area contributed by atoms with Crippen LogP contribution in [0.25, 0.3) is 198 Å². The molecule has 22 rings (SSSR count). The number of fused-ring (bicyclic) bond motifs is 10. The predicted octanol–water partition coefficient (Wildman–Crippen LogP) is 26.7. The lowest BCUT2D eigenvalue weighted by molar-refractivity contribution is 0.305. The Morgan fingerprint density at radius 3 is 1.03 bits per heavy atom. The normalized spacial score (nSPS) is 11.3. The monoisotopic (exact) mass is 1780 g/mol. The molecule has 0 atom stereocenters. The van der Waals surface area contributed by atoms with E-state index in [1.54, 1.807) is 24.3 Å². The highest BCUT2D eigenvalue weighted by Crippen LogP contribution is 2.48. The summed E-state index contributed by atoms with van der Waals surface area (Å²) in [5, 5.41) is 115. The van der Waals surface area contributed by atoms with Crippen molar-refractivity contribution in [2.45, 2.75) is 53.4 Å². The number of phenols is 9. The molecular formula is C114H90N8O13. The maximum Gasteiger partial charge on any atom is 0.217 e. The van der Waals surface area contributed by atoms with Gasteiger partial charge in [0.25, 0.3) is 0 Å². The Balaban J connectivity index is 0.000000116. The third-order valence-electron chi connectivity index (χ3n) is 23.6. The third-order valence-corrected chi connectivity index (χ3v) is 23.6. The number of nitrogens with zero attached hydrogens (tertiary/aromatic N) is 8. The Kier molecular flexibility index (Phi) is 24.4. The molecule has 0 spiro atoms. The molecule has 0 saturated heterocycles. The van der Waals surface area contributed by atoms with Crippen molar-refractivity contribution in [3.63, 3.8) is 0 Å². The standard InChI is InChI=1S/C31H24N2O3.C29H22N2O3.C27H22N2O4.C27H22N2O3/c1-2-16-36-29-18-26(32-31(33-29)30-27(34)12-7-13-28(30)35)25-17-24-20-9-4-3-8-19(20)14-15-23(24)21-10-5-6-11-22(21)25;1-2-14-34-26-16-24(30-29(31-26)23-13-10-20(32)15-25(23)33)21-11-8-19-7-6-17-4-3-5-18-9-12-22(21)28(19)27(17)18;1-2-11-33-25-15-22(28-27(29-25)26-23(31)13-17(30)14-24(26)32)21-12-16-7-3-4-8-18(16)19-9-5-6-10-20(19)21;1-2-14-32-24-16-21(28-27(29-24)26-22(30)12-7-13-23(26)31)25-19-10-5-3-8-17(19)15-18-9-4-6-11-20(18)25/h3-15,17-18,34-35H,2,16H2,1H3;3-13,15-16,32-33H,2,14H2,1H3;3-10,12-15,30-32H,2,11H2,1H3;3-13,15-16,30-31H,2,14H2,1H3. The molecule has 9 N–H and O–H groups in total. The number of aromatic nitrogens is 8. The van der Waals surface area contributed by atoms with E-state index in [1.807, 2.05) is 119 Å². The van der Waals surface area contributed by atoms with E-state index in [-0.39, 0.29) is 85.9 Å². The molecule has 18 aromatic carbocycles. The highest BCUT2D eigenvalue weighted by molar-refractivity contribution is 6.26. The van der Waals surface area contributed by atoms with Gasteiger partial charge in [0.1, 0.15) is 68.4 Å².